The van der Waals surface area contributed by atoms with Crippen molar-refractivity contribution in [1.82, 2.24) is 10.0 Å². The van der Waals surface area contributed by atoms with E-state index in [1.54, 1.807) is 0 Å². The molecule has 2 N–H and O–H groups in total. The van der Waals surface area contributed by atoms with E-state index in [2.05, 4.69) is 10.0 Å². The second kappa shape index (κ2) is 6.95. The molecule has 0 aromatic heterocycles. The van der Waals surface area contributed by atoms with Crippen molar-refractivity contribution in [1.29, 1.82) is 0 Å². The number of piperidine rings is 1. The molecule has 1 fully saturated rings. The monoisotopic (exact) mass is 344 g/mol. The molecule has 1 aromatic rings. The molecule has 1 aliphatic rings. The van der Waals surface area contributed by atoms with Crippen LogP contribution in [0.15, 0.2) is 17.0 Å². The average Bonchev–Trinajstić information content (AvgIpc) is 2.25. The lowest BCUT2D eigenvalue weighted by Crippen LogP contribution is -2.46. The van der Waals surface area contributed by atoms with Crippen molar-refractivity contribution in [2.24, 2.45) is 0 Å². The predicted octanol–water partition coefficient (Wildman–Crippen LogP) is 1.94. The van der Waals surface area contributed by atoms with Gasteiger partial charge in [-0.3, -0.25) is 0 Å². The second-order valence-electron chi connectivity index (χ2n) is 4.90. The summed E-state index contributed by atoms with van der Waals surface area (Å²) in [5, 5.41) is 3.14. The Morgan fingerprint density at radius 1 is 1.24 bits per heavy atom. The highest BCUT2D eigenvalue weighted by molar-refractivity contribution is 7.89. The van der Waals surface area contributed by atoms with Gasteiger partial charge >= 0.3 is 0 Å². The first-order valence-electron chi connectivity index (χ1n) is 6.20. The van der Waals surface area contributed by atoms with E-state index in [0.717, 1.165) is 0 Å². The maximum atomic E-state index is 13.5. The van der Waals surface area contributed by atoms with Crippen LogP contribution < -0.4 is 10.0 Å². The van der Waals surface area contributed by atoms with E-state index in [0.29, 0.717) is 31.5 Å². The lowest BCUT2D eigenvalue weighted by Gasteiger charge is -2.28. The highest BCUT2D eigenvalue weighted by Crippen LogP contribution is 2.21. The second-order valence-corrected chi connectivity index (χ2v) is 6.55. The van der Waals surface area contributed by atoms with Crippen LogP contribution in [0.25, 0.3) is 0 Å². The molecule has 1 heterocycles. The third-order valence-corrected chi connectivity index (χ3v) is 4.75. The van der Waals surface area contributed by atoms with Crippen LogP contribution in [-0.2, 0) is 10.0 Å². The van der Waals surface area contributed by atoms with Gasteiger partial charge in [0.2, 0.25) is 10.0 Å². The van der Waals surface area contributed by atoms with E-state index in [1.165, 1.54) is 0 Å². The van der Waals surface area contributed by atoms with Gasteiger partial charge in [-0.2, -0.15) is 0 Å². The summed E-state index contributed by atoms with van der Waals surface area (Å²) in [6.45, 7) is 2.50. The Morgan fingerprint density at radius 2 is 1.81 bits per heavy atom. The molecule has 0 saturated carbocycles. The SMILES string of the molecule is CC1CC(NS(=O)(=O)c2c(F)cc(F)cc2F)CCN1.Cl. The van der Waals surface area contributed by atoms with Crippen molar-refractivity contribution in [3.05, 3.63) is 29.6 Å². The summed E-state index contributed by atoms with van der Waals surface area (Å²) in [5.74, 6) is -4.02. The van der Waals surface area contributed by atoms with Gasteiger partial charge in [0.25, 0.3) is 0 Å². The van der Waals surface area contributed by atoms with Crippen LogP contribution in [0.4, 0.5) is 13.2 Å². The van der Waals surface area contributed by atoms with Gasteiger partial charge in [0.05, 0.1) is 0 Å². The van der Waals surface area contributed by atoms with Crippen LogP contribution in [0.1, 0.15) is 19.8 Å². The zero-order valence-corrected chi connectivity index (χ0v) is 12.8. The number of hydrogen-bond acceptors (Lipinski definition) is 3. The number of hydrogen-bond donors (Lipinski definition) is 2. The van der Waals surface area contributed by atoms with Crippen molar-refractivity contribution >= 4 is 22.4 Å². The van der Waals surface area contributed by atoms with E-state index >= 15 is 0 Å². The van der Waals surface area contributed by atoms with E-state index in [1.807, 2.05) is 6.92 Å². The topological polar surface area (TPSA) is 58.2 Å². The third-order valence-electron chi connectivity index (χ3n) is 3.18. The van der Waals surface area contributed by atoms with E-state index in [9.17, 15) is 21.6 Å². The summed E-state index contributed by atoms with van der Waals surface area (Å²) in [6.07, 6.45) is 1.04. The van der Waals surface area contributed by atoms with E-state index in [-0.39, 0.29) is 18.4 Å². The smallest absolute Gasteiger partial charge is 0.246 e. The van der Waals surface area contributed by atoms with Gasteiger partial charge in [-0.25, -0.2) is 26.3 Å². The molecule has 9 heteroatoms. The average molecular weight is 345 g/mol. The highest BCUT2D eigenvalue weighted by atomic mass is 35.5. The van der Waals surface area contributed by atoms with Crippen LogP contribution in [0.3, 0.4) is 0 Å². The molecule has 1 aliphatic heterocycles. The van der Waals surface area contributed by atoms with Gasteiger partial charge < -0.3 is 5.32 Å². The quantitative estimate of drug-likeness (QED) is 0.881. The normalized spacial score (nSPS) is 22.7. The Kier molecular flexibility index (Phi) is 6.03. The van der Waals surface area contributed by atoms with Gasteiger partial charge in [-0.1, -0.05) is 0 Å². The molecule has 0 radical (unpaired) electrons. The fraction of sp³-hybridized carbons (Fsp3) is 0.500. The van der Waals surface area contributed by atoms with Crippen LogP contribution >= 0.6 is 12.4 Å². The van der Waals surface area contributed by atoms with Crippen molar-refractivity contribution in [2.75, 3.05) is 6.54 Å². The summed E-state index contributed by atoms with van der Waals surface area (Å²) in [7, 11) is -4.36. The number of rotatable bonds is 3. The summed E-state index contributed by atoms with van der Waals surface area (Å²) in [5.41, 5.74) is 0. The molecule has 1 aromatic carbocycles. The molecule has 120 valence electrons. The first-order valence-corrected chi connectivity index (χ1v) is 7.68. The first kappa shape index (κ1) is 18.2. The Bertz CT molecular complexity index is 590. The molecule has 0 bridgehead atoms. The molecular weight excluding hydrogens is 329 g/mol. The summed E-state index contributed by atoms with van der Waals surface area (Å²) in [4.78, 5) is -1.13. The maximum Gasteiger partial charge on any atom is 0.246 e. The standard InChI is InChI=1S/C12H15F3N2O2S.ClH/c1-7-4-9(2-3-16-7)17-20(18,19)12-10(14)5-8(13)6-11(12)15;/h5-7,9,16-17H,2-4H2,1H3;1H. The van der Waals surface area contributed by atoms with Gasteiger partial charge in [0.1, 0.15) is 17.5 Å². The lowest BCUT2D eigenvalue weighted by atomic mass is 10.0. The molecule has 2 unspecified atom stereocenters. The predicted molar refractivity (Wildman–Crippen MR) is 74.4 cm³/mol. The van der Waals surface area contributed by atoms with E-state index < -0.39 is 38.4 Å². The number of sulfonamides is 1. The third kappa shape index (κ3) is 4.32. The van der Waals surface area contributed by atoms with Crippen LogP contribution in [0.2, 0.25) is 0 Å². The molecule has 1 saturated heterocycles. The number of nitrogens with one attached hydrogen (secondary N) is 2. The fourth-order valence-corrected chi connectivity index (χ4v) is 3.71. The number of benzene rings is 1. The van der Waals surface area contributed by atoms with Crippen LogP contribution in [0, 0.1) is 17.5 Å². The van der Waals surface area contributed by atoms with Crippen molar-refractivity contribution in [3.63, 3.8) is 0 Å². The Labute approximate surface area is 127 Å². The molecule has 0 amide bonds. The van der Waals surface area contributed by atoms with Crippen molar-refractivity contribution < 1.29 is 21.6 Å². The molecule has 2 rings (SSSR count). The Balaban J connectivity index is 0.00000220. The molecule has 4 nitrogen and oxygen atoms in total. The first-order chi connectivity index (χ1) is 9.29. The van der Waals surface area contributed by atoms with Gasteiger partial charge in [0.15, 0.2) is 4.90 Å². The minimum absolute atomic E-state index is 0. The molecule has 0 spiro atoms. The maximum absolute atomic E-state index is 13.5. The molecule has 21 heavy (non-hydrogen) atoms. The van der Waals surface area contributed by atoms with Crippen molar-refractivity contribution in [2.45, 2.75) is 36.7 Å². The van der Waals surface area contributed by atoms with Gasteiger partial charge in [0, 0.05) is 24.2 Å². The van der Waals surface area contributed by atoms with E-state index in [4.69, 9.17) is 0 Å². The minimum atomic E-state index is -4.36. The lowest BCUT2D eigenvalue weighted by molar-refractivity contribution is 0.360. The van der Waals surface area contributed by atoms with Crippen LogP contribution in [0.5, 0.6) is 0 Å². The Morgan fingerprint density at radius 3 is 2.33 bits per heavy atom. The fourth-order valence-electron chi connectivity index (χ4n) is 2.30. The van der Waals surface area contributed by atoms with Gasteiger partial charge in [-0.05, 0) is 26.3 Å². The largest absolute Gasteiger partial charge is 0.314 e. The molecule has 0 aliphatic carbocycles. The molecular formula is C12H16ClF3N2O2S. The summed E-state index contributed by atoms with van der Waals surface area (Å²) >= 11 is 0. The van der Waals surface area contributed by atoms with Gasteiger partial charge in [-0.15, -0.1) is 12.4 Å². The zero-order chi connectivity index (χ0) is 14.9. The minimum Gasteiger partial charge on any atom is -0.314 e. The molecule has 2 atom stereocenters. The van der Waals surface area contributed by atoms with Crippen molar-refractivity contribution in [3.8, 4) is 0 Å². The summed E-state index contributed by atoms with van der Waals surface area (Å²) < 4.78 is 66.2. The summed E-state index contributed by atoms with van der Waals surface area (Å²) in [6, 6.07) is 0.408. The zero-order valence-electron chi connectivity index (χ0n) is 11.2. The Hall–Kier alpha value is -0.830. The highest BCUT2D eigenvalue weighted by Gasteiger charge is 2.29. The van der Waals surface area contributed by atoms with Crippen LogP contribution in [-0.4, -0.2) is 27.0 Å². The number of halogens is 4.